The Balaban J connectivity index is 1.84. The molecule has 2 atom stereocenters. The SMILES string of the molecule is CCNc1c(OCc2ccccc2)ccc2c1CCC(NC(C)C)C2O. The molecule has 140 valence electrons. The number of ether oxygens (including phenoxy) is 1. The van der Waals surface area contributed by atoms with Crippen molar-refractivity contribution in [3.8, 4) is 5.75 Å². The summed E-state index contributed by atoms with van der Waals surface area (Å²) >= 11 is 0. The summed E-state index contributed by atoms with van der Waals surface area (Å²) in [6.07, 6.45) is 1.37. The molecule has 4 nitrogen and oxygen atoms in total. The fraction of sp³-hybridized carbons (Fsp3) is 0.455. The Kier molecular flexibility index (Phi) is 6.17. The number of hydrogen-bond donors (Lipinski definition) is 3. The molecule has 0 saturated carbocycles. The quantitative estimate of drug-likeness (QED) is 0.702. The van der Waals surface area contributed by atoms with E-state index < -0.39 is 6.10 Å². The number of fused-ring (bicyclic) bond motifs is 1. The minimum absolute atomic E-state index is 0.105. The largest absolute Gasteiger partial charge is 0.487 e. The summed E-state index contributed by atoms with van der Waals surface area (Å²) in [4.78, 5) is 0. The van der Waals surface area contributed by atoms with E-state index in [1.54, 1.807) is 0 Å². The topological polar surface area (TPSA) is 53.5 Å². The smallest absolute Gasteiger partial charge is 0.143 e. The monoisotopic (exact) mass is 354 g/mol. The van der Waals surface area contributed by atoms with Gasteiger partial charge in [-0.2, -0.15) is 0 Å². The molecule has 0 fully saturated rings. The molecule has 0 radical (unpaired) electrons. The molecule has 0 saturated heterocycles. The van der Waals surface area contributed by atoms with Crippen LogP contribution >= 0.6 is 0 Å². The number of nitrogens with one attached hydrogen (secondary N) is 2. The van der Waals surface area contributed by atoms with Gasteiger partial charge in [0.05, 0.1) is 11.8 Å². The maximum atomic E-state index is 10.8. The molecular formula is C22H30N2O2. The lowest BCUT2D eigenvalue weighted by atomic mass is 9.84. The van der Waals surface area contributed by atoms with Crippen LogP contribution in [-0.4, -0.2) is 23.7 Å². The molecule has 1 aliphatic rings. The molecule has 0 spiro atoms. The third-order valence-electron chi connectivity index (χ3n) is 4.85. The van der Waals surface area contributed by atoms with Gasteiger partial charge in [0.1, 0.15) is 12.4 Å². The second kappa shape index (κ2) is 8.56. The average Bonchev–Trinajstić information content (AvgIpc) is 2.64. The lowest BCUT2D eigenvalue weighted by Gasteiger charge is -2.34. The highest BCUT2D eigenvalue weighted by atomic mass is 16.5. The highest BCUT2D eigenvalue weighted by molar-refractivity contribution is 5.66. The first-order valence-corrected chi connectivity index (χ1v) is 9.60. The van der Waals surface area contributed by atoms with Gasteiger partial charge in [0.15, 0.2) is 0 Å². The van der Waals surface area contributed by atoms with Crippen molar-refractivity contribution in [2.24, 2.45) is 0 Å². The predicted molar refractivity (Wildman–Crippen MR) is 107 cm³/mol. The van der Waals surface area contributed by atoms with E-state index in [0.717, 1.165) is 42.0 Å². The second-order valence-electron chi connectivity index (χ2n) is 7.22. The van der Waals surface area contributed by atoms with Crippen LogP contribution in [0.2, 0.25) is 0 Å². The van der Waals surface area contributed by atoms with E-state index in [1.807, 2.05) is 30.3 Å². The zero-order valence-electron chi connectivity index (χ0n) is 16.0. The van der Waals surface area contributed by atoms with E-state index in [2.05, 4.69) is 43.5 Å². The Morgan fingerprint density at radius 1 is 1.15 bits per heavy atom. The van der Waals surface area contributed by atoms with Crippen molar-refractivity contribution in [2.45, 2.75) is 58.4 Å². The molecule has 3 rings (SSSR count). The van der Waals surface area contributed by atoms with E-state index in [0.29, 0.717) is 12.6 Å². The Morgan fingerprint density at radius 3 is 2.62 bits per heavy atom. The number of anilines is 1. The van der Waals surface area contributed by atoms with Crippen LogP contribution in [0.5, 0.6) is 5.75 Å². The average molecular weight is 354 g/mol. The lowest BCUT2D eigenvalue weighted by Crippen LogP contribution is -2.42. The molecule has 26 heavy (non-hydrogen) atoms. The molecule has 2 aromatic carbocycles. The predicted octanol–water partition coefficient (Wildman–Crippen LogP) is 4.04. The molecule has 0 aliphatic heterocycles. The maximum absolute atomic E-state index is 10.8. The molecule has 3 N–H and O–H groups in total. The van der Waals surface area contributed by atoms with E-state index in [9.17, 15) is 5.11 Å². The van der Waals surface area contributed by atoms with Crippen LogP contribution in [0, 0.1) is 0 Å². The van der Waals surface area contributed by atoms with E-state index >= 15 is 0 Å². The molecule has 4 heteroatoms. The lowest BCUT2D eigenvalue weighted by molar-refractivity contribution is 0.110. The maximum Gasteiger partial charge on any atom is 0.143 e. The highest BCUT2D eigenvalue weighted by Gasteiger charge is 2.30. The summed E-state index contributed by atoms with van der Waals surface area (Å²) in [6.45, 7) is 7.68. The standard InChI is InChI=1S/C22H30N2O2/c1-4-23-21-17-10-12-19(24-15(2)3)22(25)18(17)11-13-20(21)26-14-16-8-6-5-7-9-16/h5-9,11,13,15,19,22-25H,4,10,12,14H2,1-3H3. The summed E-state index contributed by atoms with van der Waals surface area (Å²) < 4.78 is 6.11. The van der Waals surface area contributed by atoms with Gasteiger partial charge in [-0.3, -0.25) is 0 Å². The number of rotatable bonds is 7. The van der Waals surface area contributed by atoms with Crippen molar-refractivity contribution in [3.05, 3.63) is 59.2 Å². The van der Waals surface area contributed by atoms with Crippen LogP contribution in [-0.2, 0) is 13.0 Å². The second-order valence-corrected chi connectivity index (χ2v) is 7.22. The molecule has 0 bridgehead atoms. The number of aliphatic hydroxyl groups is 1. The van der Waals surface area contributed by atoms with Gasteiger partial charge in [0.25, 0.3) is 0 Å². The third-order valence-corrected chi connectivity index (χ3v) is 4.85. The number of benzene rings is 2. The molecule has 0 aromatic heterocycles. The summed E-state index contributed by atoms with van der Waals surface area (Å²) in [6, 6.07) is 14.7. The summed E-state index contributed by atoms with van der Waals surface area (Å²) in [5, 5.41) is 17.8. The van der Waals surface area contributed by atoms with E-state index in [1.165, 1.54) is 5.56 Å². The Hall–Kier alpha value is -2.04. The third kappa shape index (κ3) is 4.19. The number of hydrogen-bond acceptors (Lipinski definition) is 4. The van der Waals surface area contributed by atoms with Gasteiger partial charge in [-0.1, -0.05) is 50.2 Å². The summed E-state index contributed by atoms with van der Waals surface area (Å²) in [5.41, 5.74) is 4.38. The van der Waals surface area contributed by atoms with Crippen LogP contribution < -0.4 is 15.4 Å². The Morgan fingerprint density at radius 2 is 1.92 bits per heavy atom. The molecule has 0 amide bonds. The van der Waals surface area contributed by atoms with Gasteiger partial charge in [-0.05, 0) is 42.5 Å². The van der Waals surface area contributed by atoms with Gasteiger partial charge in [0, 0.05) is 18.6 Å². The zero-order chi connectivity index (χ0) is 18.5. The first-order chi connectivity index (χ1) is 12.6. The van der Waals surface area contributed by atoms with Crippen LogP contribution in [0.15, 0.2) is 42.5 Å². The van der Waals surface area contributed by atoms with Crippen molar-refractivity contribution >= 4 is 5.69 Å². The molecule has 1 aliphatic carbocycles. The Bertz CT molecular complexity index is 716. The van der Waals surface area contributed by atoms with Crippen molar-refractivity contribution in [1.82, 2.24) is 5.32 Å². The van der Waals surface area contributed by atoms with Crippen molar-refractivity contribution < 1.29 is 9.84 Å². The van der Waals surface area contributed by atoms with Gasteiger partial charge in [-0.25, -0.2) is 0 Å². The van der Waals surface area contributed by atoms with Gasteiger partial charge >= 0.3 is 0 Å². The normalized spacial score (nSPS) is 19.3. The van der Waals surface area contributed by atoms with Crippen molar-refractivity contribution in [2.75, 3.05) is 11.9 Å². The fourth-order valence-corrected chi connectivity index (χ4v) is 3.69. The Labute approximate surface area is 156 Å². The van der Waals surface area contributed by atoms with Gasteiger partial charge in [0.2, 0.25) is 0 Å². The molecule has 2 aromatic rings. The minimum atomic E-state index is -0.485. The molecular weight excluding hydrogens is 324 g/mol. The summed E-state index contributed by atoms with van der Waals surface area (Å²) in [5.74, 6) is 0.858. The van der Waals surface area contributed by atoms with Crippen LogP contribution in [0.25, 0.3) is 0 Å². The minimum Gasteiger partial charge on any atom is -0.487 e. The molecule has 2 unspecified atom stereocenters. The first-order valence-electron chi connectivity index (χ1n) is 9.60. The van der Waals surface area contributed by atoms with E-state index in [-0.39, 0.29) is 6.04 Å². The van der Waals surface area contributed by atoms with Gasteiger partial charge in [-0.15, -0.1) is 0 Å². The van der Waals surface area contributed by atoms with Crippen LogP contribution in [0.3, 0.4) is 0 Å². The van der Waals surface area contributed by atoms with Crippen LogP contribution in [0.1, 0.15) is 50.0 Å². The van der Waals surface area contributed by atoms with E-state index in [4.69, 9.17) is 4.74 Å². The zero-order valence-corrected chi connectivity index (χ0v) is 16.0. The van der Waals surface area contributed by atoms with Crippen molar-refractivity contribution in [3.63, 3.8) is 0 Å². The van der Waals surface area contributed by atoms with Crippen LogP contribution in [0.4, 0.5) is 5.69 Å². The van der Waals surface area contributed by atoms with Gasteiger partial charge < -0.3 is 20.5 Å². The number of aliphatic hydroxyl groups excluding tert-OH is 1. The summed E-state index contributed by atoms with van der Waals surface area (Å²) in [7, 11) is 0. The highest BCUT2D eigenvalue weighted by Crippen LogP contribution is 2.40. The molecule has 0 heterocycles. The fourth-order valence-electron chi connectivity index (χ4n) is 3.69. The first kappa shape index (κ1) is 18.7. The van der Waals surface area contributed by atoms with Crippen molar-refractivity contribution in [1.29, 1.82) is 0 Å².